The van der Waals surface area contributed by atoms with E-state index in [-0.39, 0.29) is 5.78 Å². The van der Waals surface area contributed by atoms with Crippen LogP contribution in [-0.4, -0.2) is 17.5 Å². The third-order valence-electron chi connectivity index (χ3n) is 3.78. The molecule has 0 saturated heterocycles. The van der Waals surface area contributed by atoms with Crippen molar-refractivity contribution in [2.45, 2.75) is 26.8 Å². The molecule has 3 heteroatoms. The van der Waals surface area contributed by atoms with Crippen molar-refractivity contribution >= 4 is 5.78 Å². The first kappa shape index (κ1) is 12.0. The summed E-state index contributed by atoms with van der Waals surface area (Å²) < 4.78 is 7.60. The minimum absolute atomic E-state index is 0.120. The number of nitrogens with zero attached hydrogens (tertiary/aromatic N) is 1. The minimum atomic E-state index is 0.120. The smallest absolute Gasteiger partial charge is 0.176 e. The Kier molecular flexibility index (Phi) is 2.70. The van der Waals surface area contributed by atoms with E-state index in [1.165, 1.54) is 22.4 Å². The van der Waals surface area contributed by atoms with Crippen molar-refractivity contribution in [2.75, 3.05) is 7.11 Å². The second-order valence-corrected chi connectivity index (χ2v) is 5.13. The molecule has 3 nitrogen and oxygen atoms in total. The van der Waals surface area contributed by atoms with E-state index in [9.17, 15) is 4.79 Å². The second-order valence-electron chi connectivity index (χ2n) is 5.13. The lowest BCUT2D eigenvalue weighted by Gasteiger charge is -2.23. The van der Waals surface area contributed by atoms with Crippen LogP contribution in [0.5, 0.6) is 5.75 Å². The van der Waals surface area contributed by atoms with E-state index < -0.39 is 0 Å². The van der Waals surface area contributed by atoms with Crippen LogP contribution in [-0.2, 0) is 13.0 Å². The molecule has 0 aliphatic carbocycles. The maximum Gasteiger partial charge on any atom is 0.176 e. The van der Waals surface area contributed by atoms with Gasteiger partial charge in [0, 0.05) is 31.1 Å². The number of carbonyl (C=O) groups is 1. The number of benzene rings is 1. The molecule has 0 N–H and O–H groups in total. The quantitative estimate of drug-likeness (QED) is 0.659. The van der Waals surface area contributed by atoms with Crippen LogP contribution in [0.2, 0.25) is 0 Å². The first-order valence-corrected chi connectivity index (χ1v) is 6.46. The van der Waals surface area contributed by atoms with Crippen LogP contribution < -0.4 is 4.74 Å². The Hall–Kier alpha value is -2.03. The largest absolute Gasteiger partial charge is 0.496 e. The predicted molar refractivity (Wildman–Crippen MR) is 74.1 cm³/mol. The molecule has 1 aromatic heterocycles. The molecule has 2 heterocycles. The number of hydrogen-bond donors (Lipinski definition) is 0. The summed E-state index contributed by atoms with van der Waals surface area (Å²) in [5, 5.41) is 0. The van der Waals surface area contributed by atoms with Gasteiger partial charge in [0.2, 0.25) is 0 Å². The monoisotopic (exact) mass is 255 g/mol. The zero-order chi connectivity index (χ0) is 13.6. The Morgan fingerprint density at radius 3 is 2.79 bits per heavy atom. The highest BCUT2D eigenvalue weighted by atomic mass is 16.5. The second kappa shape index (κ2) is 4.26. The molecule has 0 radical (unpaired) electrons. The number of ether oxygens (including phenoxy) is 1. The molecule has 1 aromatic carbocycles. The fraction of sp³-hybridized carbons (Fsp3) is 0.312. The normalized spacial score (nSPS) is 12.8. The van der Waals surface area contributed by atoms with Crippen molar-refractivity contribution in [2.24, 2.45) is 0 Å². The van der Waals surface area contributed by atoms with Crippen LogP contribution in [0.15, 0.2) is 24.3 Å². The van der Waals surface area contributed by atoms with E-state index in [1.807, 2.05) is 12.1 Å². The molecule has 2 aromatic rings. The highest BCUT2D eigenvalue weighted by Crippen LogP contribution is 2.32. The lowest BCUT2D eigenvalue weighted by molar-refractivity contribution is 0.100. The Labute approximate surface area is 112 Å². The zero-order valence-corrected chi connectivity index (χ0v) is 11.5. The Morgan fingerprint density at radius 2 is 2.11 bits per heavy atom. The summed E-state index contributed by atoms with van der Waals surface area (Å²) in [6.45, 7) is 4.44. The number of carbonyl (C=O) groups excluding carboxylic acids is 1. The van der Waals surface area contributed by atoms with Crippen LogP contribution in [0, 0.1) is 6.92 Å². The molecular weight excluding hydrogens is 238 g/mol. The summed E-state index contributed by atoms with van der Waals surface area (Å²) in [5.74, 6) is 1.07. The average molecular weight is 255 g/mol. The van der Waals surface area contributed by atoms with Crippen molar-refractivity contribution in [1.29, 1.82) is 0 Å². The van der Waals surface area contributed by atoms with Crippen LogP contribution in [0.25, 0.3) is 0 Å². The van der Waals surface area contributed by atoms with Crippen molar-refractivity contribution < 1.29 is 9.53 Å². The standard InChI is InChI=1S/C16H17NO2/c1-10-6-12-9-17-13(4-5-15(17)11(2)18)8-14(12)16(7-10)19-3/h4-7H,8-9H2,1-3H3. The number of Topliss-reactive ketones (excluding diaryl/α,β-unsaturated/α-hetero) is 1. The summed E-state index contributed by atoms with van der Waals surface area (Å²) in [6, 6.07) is 8.22. The van der Waals surface area contributed by atoms with Crippen LogP contribution in [0.3, 0.4) is 0 Å². The van der Waals surface area contributed by atoms with E-state index in [0.29, 0.717) is 0 Å². The molecule has 98 valence electrons. The number of aromatic nitrogens is 1. The molecule has 19 heavy (non-hydrogen) atoms. The van der Waals surface area contributed by atoms with Gasteiger partial charge in [0.1, 0.15) is 5.75 Å². The molecule has 0 spiro atoms. The van der Waals surface area contributed by atoms with E-state index in [0.717, 1.165) is 24.4 Å². The molecule has 1 aliphatic rings. The van der Waals surface area contributed by atoms with Gasteiger partial charge in [0.15, 0.2) is 5.78 Å². The summed E-state index contributed by atoms with van der Waals surface area (Å²) >= 11 is 0. The Balaban J connectivity index is 2.12. The molecule has 1 aliphatic heterocycles. The van der Waals surface area contributed by atoms with Crippen molar-refractivity contribution in [3.63, 3.8) is 0 Å². The SMILES string of the molecule is COc1cc(C)cc2c1Cc1ccc(C(C)=O)n1C2. The number of hydrogen-bond acceptors (Lipinski definition) is 2. The fourth-order valence-electron chi connectivity index (χ4n) is 2.89. The molecule has 0 unspecified atom stereocenters. The number of rotatable bonds is 2. The van der Waals surface area contributed by atoms with Gasteiger partial charge in [-0.2, -0.15) is 0 Å². The third-order valence-corrected chi connectivity index (χ3v) is 3.78. The number of fused-ring (bicyclic) bond motifs is 2. The van der Waals surface area contributed by atoms with Crippen LogP contribution >= 0.6 is 0 Å². The van der Waals surface area contributed by atoms with E-state index in [2.05, 4.69) is 23.6 Å². The van der Waals surface area contributed by atoms with E-state index >= 15 is 0 Å². The topological polar surface area (TPSA) is 31.2 Å². The zero-order valence-electron chi connectivity index (χ0n) is 11.5. The van der Waals surface area contributed by atoms with Gasteiger partial charge < -0.3 is 9.30 Å². The highest BCUT2D eigenvalue weighted by Gasteiger charge is 2.22. The van der Waals surface area contributed by atoms with Gasteiger partial charge in [-0.25, -0.2) is 0 Å². The van der Waals surface area contributed by atoms with Crippen LogP contribution in [0.1, 0.15) is 39.8 Å². The van der Waals surface area contributed by atoms with E-state index in [1.54, 1.807) is 14.0 Å². The lowest BCUT2D eigenvalue weighted by atomic mass is 9.96. The van der Waals surface area contributed by atoms with Gasteiger partial charge in [0.25, 0.3) is 0 Å². The number of aryl methyl sites for hydroxylation is 1. The molecule has 0 fully saturated rings. The molecule has 0 atom stereocenters. The molecular formula is C16H17NO2. The first-order valence-electron chi connectivity index (χ1n) is 6.46. The number of ketones is 1. The predicted octanol–water partition coefficient (Wildman–Crippen LogP) is 2.96. The Morgan fingerprint density at radius 1 is 1.32 bits per heavy atom. The van der Waals surface area contributed by atoms with Gasteiger partial charge in [-0.05, 0) is 36.2 Å². The van der Waals surface area contributed by atoms with Crippen molar-refractivity contribution in [3.05, 3.63) is 52.3 Å². The fourth-order valence-corrected chi connectivity index (χ4v) is 2.89. The molecule has 0 saturated carbocycles. The van der Waals surface area contributed by atoms with Gasteiger partial charge in [-0.15, -0.1) is 0 Å². The average Bonchev–Trinajstić information content (AvgIpc) is 2.78. The van der Waals surface area contributed by atoms with Gasteiger partial charge in [-0.3, -0.25) is 4.79 Å². The maximum atomic E-state index is 11.6. The summed E-state index contributed by atoms with van der Waals surface area (Å²) in [5.41, 5.74) is 5.66. The van der Waals surface area contributed by atoms with Gasteiger partial charge >= 0.3 is 0 Å². The summed E-state index contributed by atoms with van der Waals surface area (Å²) in [7, 11) is 1.71. The summed E-state index contributed by atoms with van der Waals surface area (Å²) in [4.78, 5) is 11.6. The number of methoxy groups -OCH3 is 1. The van der Waals surface area contributed by atoms with Gasteiger partial charge in [-0.1, -0.05) is 6.07 Å². The first-order chi connectivity index (χ1) is 9.10. The van der Waals surface area contributed by atoms with Crippen LogP contribution in [0.4, 0.5) is 0 Å². The summed E-state index contributed by atoms with van der Waals surface area (Å²) in [6.07, 6.45) is 0.825. The van der Waals surface area contributed by atoms with Crippen molar-refractivity contribution in [3.8, 4) is 5.75 Å². The molecule has 0 amide bonds. The van der Waals surface area contributed by atoms with E-state index in [4.69, 9.17) is 4.74 Å². The van der Waals surface area contributed by atoms with Crippen molar-refractivity contribution in [1.82, 2.24) is 4.57 Å². The highest BCUT2D eigenvalue weighted by molar-refractivity contribution is 5.92. The molecule has 3 rings (SSSR count). The third kappa shape index (κ3) is 1.86. The minimum Gasteiger partial charge on any atom is -0.496 e. The molecule has 0 bridgehead atoms. The lowest BCUT2D eigenvalue weighted by Crippen LogP contribution is -2.18. The Bertz CT molecular complexity index is 668. The maximum absolute atomic E-state index is 11.6. The van der Waals surface area contributed by atoms with Gasteiger partial charge in [0.05, 0.1) is 12.8 Å².